The number of anilines is 1. The van der Waals surface area contributed by atoms with Crippen LogP contribution in [-0.4, -0.2) is 34.3 Å². The lowest BCUT2D eigenvalue weighted by Crippen LogP contribution is -2.47. The number of carbonyl (C=O) groups is 3. The number of rotatable bonds is 4. The number of urea groups is 1. The van der Waals surface area contributed by atoms with Crippen LogP contribution in [-0.2, 0) is 34.4 Å². The van der Waals surface area contributed by atoms with Crippen LogP contribution in [0.25, 0.3) is 11.3 Å². The topological polar surface area (TPSA) is 91.4 Å². The van der Waals surface area contributed by atoms with Crippen molar-refractivity contribution in [3.63, 3.8) is 0 Å². The number of hydrogen-bond donors (Lipinski definition) is 2. The van der Waals surface area contributed by atoms with Crippen LogP contribution in [0.15, 0.2) is 47.8 Å². The second-order valence-corrected chi connectivity index (χ2v) is 10.4. The van der Waals surface area contributed by atoms with Gasteiger partial charge in [0.05, 0.1) is 5.69 Å². The van der Waals surface area contributed by atoms with Crippen molar-refractivity contribution in [2.24, 2.45) is 0 Å². The zero-order chi connectivity index (χ0) is 24.0. The number of fused-ring (bicyclic) bond motifs is 3. The first-order chi connectivity index (χ1) is 17.0. The lowest BCUT2D eigenvalue weighted by Gasteiger charge is -2.33. The molecule has 3 aliphatic rings. The van der Waals surface area contributed by atoms with Crippen LogP contribution in [0.2, 0.25) is 0 Å². The Morgan fingerprint density at radius 3 is 2.71 bits per heavy atom. The Hall–Kier alpha value is -3.52. The van der Waals surface area contributed by atoms with Crippen molar-refractivity contribution >= 4 is 34.3 Å². The highest BCUT2D eigenvalue weighted by Crippen LogP contribution is 2.40. The van der Waals surface area contributed by atoms with E-state index >= 15 is 0 Å². The van der Waals surface area contributed by atoms with Crippen molar-refractivity contribution in [2.45, 2.75) is 50.5 Å². The van der Waals surface area contributed by atoms with E-state index in [1.54, 1.807) is 0 Å². The van der Waals surface area contributed by atoms with Gasteiger partial charge in [0.25, 0.3) is 5.91 Å². The van der Waals surface area contributed by atoms with Gasteiger partial charge < -0.3 is 10.6 Å². The molecule has 0 saturated carbocycles. The fraction of sp³-hybridized carbons (Fsp3) is 0.333. The van der Waals surface area contributed by atoms with E-state index in [1.807, 2.05) is 29.6 Å². The Morgan fingerprint density at radius 1 is 1.03 bits per heavy atom. The van der Waals surface area contributed by atoms with Gasteiger partial charge in [0.1, 0.15) is 12.1 Å². The summed E-state index contributed by atoms with van der Waals surface area (Å²) in [5, 5.41) is 8.03. The van der Waals surface area contributed by atoms with Crippen LogP contribution in [0, 0.1) is 0 Å². The summed E-state index contributed by atoms with van der Waals surface area (Å²) in [6.07, 6.45) is 6.88. The first kappa shape index (κ1) is 22.0. The summed E-state index contributed by atoms with van der Waals surface area (Å²) in [6.45, 7) is -0.345. The van der Waals surface area contributed by atoms with E-state index in [-0.39, 0.29) is 12.5 Å². The number of hydrogen-bond acceptors (Lipinski definition) is 5. The quantitative estimate of drug-likeness (QED) is 0.535. The normalized spacial score (nSPS) is 21.0. The molecule has 0 radical (unpaired) electrons. The van der Waals surface area contributed by atoms with E-state index in [0.29, 0.717) is 11.6 Å². The average Bonchev–Trinajstić information content (AvgIpc) is 3.43. The van der Waals surface area contributed by atoms with Crippen molar-refractivity contribution in [3.8, 4) is 11.3 Å². The summed E-state index contributed by atoms with van der Waals surface area (Å²) in [4.78, 5) is 44.6. The van der Waals surface area contributed by atoms with Crippen molar-refractivity contribution in [1.29, 1.82) is 0 Å². The van der Waals surface area contributed by atoms with E-state index in [9.17, 15) is 14.4 Å². The van der Waals surface area contributed by atoms with E-state index in [0.717, 1.165) is 53.0 Å². The Kier molecular flexibility index (Phi) is 5.40. The van der Waals surface area contributed by atoms with Gasteiger partial charge in [-0.1, -0.05) is 36.4 Å². The molecule has 178 valence electrons. The number of aromatic nitrogens is 1. The van der Waals surface area contributed by atoms with E-state index in [4.69, 9.17) is 0 Å². The molecule has 0 bridgehead atoms. The Balaban J connectivity index is 1.16. The smallest absolute Gasteiger partial charge is 0.319 e. The molecule has 2 heterocycles. The first-order valence-corrected chi connectivity index (χ1v) is 13.0. The van der Waals surface area contributed by atoms with Gasteiger partial charge in [0.2, 0.25) is 5.91 Å². The highest BCUT2D eigenvalue weighted by Gasteiger charge is 2.54. The van der Waals surface area contributed by atoms with Crippen molar-refractivity contribution < 1.29 is 14.4 Å². The van der Waals surface area contributed by atoms with Gasteiger partial charge >= 0.3 is 6.03 Å². The maximum Gasteiger partial charge on any atom is 0.325 e. The van der Waals surface area contributed by atoms with E-state index < -0.39 is 17.5 Å². The van der Waals surface area contributed by atoms with Gasteiger partial charge in [-0.25, -0.2) is 9.78 Å². The van der Waals surface area contributed by atoms with Crippen LogP contribution in [0.3, 0.4) is 0 Å². The van der Waals surface area contributed by atoms with Crippen molar-refractivity contribution in [3.05, 3.63) is 70.1 Å². The minimum Gasteiger partial charge on any atom is -0.319 e. The Labute approximate surface area is 207 Å². The SMILES string of the molecule is O=C(CN1C(=O)N[C@@]2(CCCc3ccccc32)C1=O)Nc1nc(-c2ccc3c(c2)CCCC3)cs1. The molecule has 1 spiro atoms. The van der Waals surface area contributed by atoms with Gasteiger partial charge in [-0.2, -0.15) is 0 Å². The second-order valence-electron chi connectivity index (χ2n) is 9.51. The zero-order valence-corrected chi connectivity index (χ0v) is 20.1. The lowest BCUT2D eigenvalue weighted by atomic mass is 9.76. The number of nitrogens with one attached hydrogen (secondary N) is 2. The molecule has 1 saturated heterocycles. The summed E-state index contributed by atoms with van der Waals surface area (Å²) in [5.74, 6) is -0.806. The predicted molar refractivity (Wildman–Crippen MR) is 134 cm³/mol. The molecule has 8 heteroatoms. The number of carbonyl (C=O) groups excluding carboxylic acids is 3. The molecule has 0 unspecified atom stereocenters. The highest BCUT2D eigenvalue weighted by atomic mass is 32.1. The van der Waals surface area contributed by atoms with Gasteiger partial charge in [0.15, 0.2) is 5.13 Å². The highest BCUT2D eigenvalue weighted by molar-refractivity contribution is 7.14. The van der Waals surface area contributed by atoms with Crippen molar-refractivity contribution in [2.75, 3.05) is 11.9 Å². The predicted octanol–water partition coefficient (Wildman–Crippen LogP) is 4.41. The molecule has 1 aromatic heterocycles. The fourth-order valence-electron chi connectivity index (χ4n) is 5.61. The molecule has 1 atom stereocenters. The van der Waals surface area contributed by atoms with Gasteiger partial charge in [0, 0.05) is 10.9 Å². The standard InChI is InChI=1S/C27H26N4O3S/c32-23(29-25-28-22(16-35-25)20-12-11-17-6-1-2-8-19(17)14-20)15-31-24(33)27(30-26(31)34)13-5-9-18-7-3-4-10-21(18)27/h3-4,7,10-12,14,16H,1-2,5-6,8-9,13,15H2,(H,30,34)(H,28,29,32)/t27-/m1/s1. The number of amides is 4. The molecular formula is C27H26N4O3S. The van der Waals surface area contributed by atoms with Crippen LogP contribution in [0.5, 0.6) is 0 Å². The van der Waals surface area contributed by atoms with Crippen LogP contribution in [0.1, 0.15) is 47.9 Å². The van der Waals surface area contributed by atoms with E-state index in [1.165, 1.54) is 35.3 Å². The molecule has 7 nitrogen and oxygen atoms in total. The number of benzene rings is 2. The largest absolute Gasteiger partial charge is 0.325 e. The zero-order valence-electron chi connectivity index (χ0n) is 19.3. The Bertz CT molecular complexity index is 1350. The number of imide groups is 1. The fourth-order valence-corrected chi connectivity index (χ4v) is 6.35. The van der Waals surface area contributed by atoms with Crippen LogP contribution in [0.4, 0.5) is 9.93 Å². The summed E-state index contributed by atoms with van der Waals surface area (Å²) >= 11 is 1.33. The summed E-state index contributed by atoms with van der Waals surface area (Å²) in [6, 6.07) is 13.6. The van der Waals surface area contributed by atoms with Gasteiger partial charge in [-0.15, -0.1) is 11.3 Å². The maximum absolute atomic E-state index is 13.4. The summed E-state index contributed by atoms with van der Waals surface area (Å²) in [7, 11) is 0. The van der Waals surface area contributed by atoms with Gasteiger partial charge in [-0.05, 0) is 73.3 Å². The molecular weight excluding hydrogens is 460 g/mol. The third-order valence-corrected chi connectivity index (χ3v) is 8.10. The maximum atomic E-state index is 13.4. The average molecular weight is 487 g/mol. The monoisotopic (exact) mass is 486 g/mol. The number of thiazole rings is 1. The third kappa shape index (κ3) is 3.82. The lowest BCUT2D eigenvalue weighted by molar-refractivity contribution is -0.134. The summed E-state index contributed by atoms with van der Waals surface area (Å²) < 4.78 is 0. The molecule has 2 aromatic carbocycles. The molecule has 1 fully saturated rings. The number of nitrogens with zero attached hydrogens (tertiary/aromatic N) is 2. The van der Waals surface area contributed by atoms with Crippen molar-refractivity contribution in [1.82, 2.24) is 15.2 Å². The second kappa shape index (κ2) is 8.61. The molecule has 1 aliphatic heterocycles. The first-order valence-electron chi connectivity index (χ1n) is 12.1. The number of aryl methyl sites for hydroxylation is 3. The minimum absolute atomic E-state index is 0.345. The van der Waals surface area contributed by atoms with Crippen LogP contribution >= 0.6 is 11.3 Å². The molecule has 6 rings (SSSR count). The van der Waals surface area contributed by atoms with Gasteiger partial charge in [-0.3, -0.25) is 14.5 Å². The third-order valence-electron chi connectivity index (χ3n) is 7.35. The molecule has 35 heavy (non-hydrogen) atoms. The summed E-state index contributed by atoms with van der Waals surface area (Å²) in [5.41, 5.74) is 5.46. The van der Waals surface area contributed by atoms with Crippen LogP contribution < -0.4 is 10.6 Å². The van der Waals surface area contributed by atoms with E-state index in [2.05, 4.69) is 33.8 Å². The minimum atomic E-state index is -1.08. The molecule has 2 N–H and O–H groups in total. The molecule has 2 aliphatic carbocycles. The molecule has 4 amide bonds. The molecule has 3 aromatic rings. The Morgan fingerprint density at radius 2 is 1.83 bits per heavy atom.